The average molecular weight is 296 g/mol. The molecule has 0 aliphatic rings. The van der Waals surface area contributed by atoms with Gasteiger partial charge in [0.25, 0.3) is 0 Å². The summed E-state index contributed by atoms with van der Waals surface area (Å²) in [6.07, 6.45) is -4.40. The SMILES string of the molecule is CC(=O)Nc1ccc(Nc2cccc(C(F)(F)F)c2)nn1. The molecule has 21 heavy (non-hydrogen) atoms. The Labute approximate surface area is 118 Å². The van der Waals surface area contributed by atoms with E-state index in [1.165, 1.54) is 31.2 Å². The molecule has 1 aromatic carbocycles. The predicted octanol–water partition coefficient (Wildman–Crippen LogP) is 3.20. The fraction of sp³-hybridized carbons (Fsp3) is 0.154. The van der Waals surface area contributed by atoms with Crippen LogP contribution in [0, 0.1) is 0 Å². The molecule has 2 N–H and O–H groups in total. The Morgan fingerprint density at radius 2 is 1.76 bits per heavy atom. The second kappa shape index (κ2) is 5.78. The molecule has 1 amide bonds. The van der Waals surface area contributed by atoms with Crippen molar-refractivity contribution in [3.8, 4) is 0 Å². The maximum Gasteiger partial charge on any atom is 0.416 e. The van der Waals surface area contributed by atoms with Crippen LogP contribution in [-0.4, -0.2) is 16.1 Å². The molecule has 0 spiro atoms. The molecule has 110 valence electrons. The Morgan fingerprint density at radius 1 is 1.10 bits per heavy atom. The smallest absolute Gasteiger partial charge is 0.339 e. The molecule has 8 heteroatoms. The summed E-state index contributed by atoms with van der Waals surface area (Å²) in [5.74, 6) is 0.239. The van der Waals surface area contributed by atoms with Crippen molar-refractivity contribution < 1.29 is 18.0 Å². The quantitative estimate of drug-likeness (QED) is 0.912. The number of benzene rings is 1. The number of hydrogen-bond acceptors (Lipinski definition) is 4. The molecule has 2 rings (SSSR count). The summed E-state index contributed by atoms with van der Waals surface area (Å²) in [7, 11) is 0. The zero-order chi connectivity index (χ0) is 15.5. The molecule has 2 aromatic rings. The highest BCUT2D eigenvalue weighted by Crippen LogP contribution is 2.31. The van der Waals surface area contributed by atoms with Crippen molar-refractivity contribution in [2.24, 2.45) is 0 Å². The second-order valence-corrected chi connectivity index (χ2v) is 4.19. The van der Waals surface area contributed by atoms with E-state index in [4.69, 9.17) is 0 Å². The van der Waals surface area contributed by atoms with Gasteiger partial charge in [-0.15, -0.1) is 10.2 Å². The number of rotatable bonds is 3. The summed E-state index contributed by atoms with van der Waals surface area (Å²) in [4.78, 5) is 10.8. The van der Waals surface area contributed by atoms with Crippen molar-refractivity contribution >= 4 is 23.2 Å². The Balaban J connectivity index is 2.13. The summed E-state index contributed by atoms with van der Waals surface area (Å²) in [5.41, 5.74) is -0.512. The van der Waals surface area contributed by atoms with Crippen LogP contribution in [0.5, 0.6) is 0 Å². The molecule has 0 unspecified atom stereocenters. The maximum atomic E-state index is 12.6. The molecule has 0 atom stereocenters. The van der Waals surface area contributed by atoms with E-state index in [0.29, 0.717) is 0 Å². The Morgan fingerprint density at radius 3 is 2.33 bits per heavy atom. The van der Waals surface area contributed by atoms with Crippen molar-refractivity contribution in [2.75, 3.05) is 10.6 Å². The number of halogens is 3. The first-order chi connectivity index (χ1) is 9.84. The van der Waals surface area contributed by atoms with Crippen LogP contribution in [0.4, 0.5) is 30.5 Å². The van der Waals surface area contributed by atoms with Crippen molar-refractivity contribution in [3.63, 3.8) is 0 Å². The van der Waals surface area contributed by atoms with E-state index in [2.05, 4.69) is 20.8 Å². The van der Waals surface area contributed by atoms with Crippen LogP contribution in [0.25, 0.3) is 0 Å². The number of nitrogens with one attached hydrogen (secondary N) is 2. The molecular weight excluding hydrogens is 285 g/mol. The predicted molar refractivity (Wildman–Crippen MR) is 71.1 cm³/mol. The highest BCUT2D eigenvalue weighted by atomic mass is 19.4. The molecule has 0 bridgehead atoms. The van der Waals surface area contributed by atoms with Gasteiger partial charge in [-0.2, -0.15) is 13.2 Å². The van der Waals surface area contributed by atoms with Gasteiger partial charge in [0.2, 0.25) is 5.91 Å². The van der Waals surface area contributed by atoms with E-state index in [1.807, 2.05) is 0 Å². The van der Waals surface area contributed by atoms with Gasteiger partial charge in [-0.25, -0.2) is 0 Å². The molecule has 0 fully saturated rings. The summed E-state index contributed by atoms with van der Waals surface area (Å²) < 4.78 is 37.8. The van der Waals surface area contributed by atoms with E-state index in [-0.39, 0.29) is 23.2 Å². The normalized spacial score (nSPS) is 11.0. The zero-order valence-corrected chi connectivity index (χ0v) is 10.9. The molecule has 1 heterocycles. The molecule has 0 radical (unpaired) electrons. The van der Waals surface area contributed by atoms with Crippen LogP contribution >= 0.6 is 0 Å². The van der Waals surface area contributed by atoms with E-state index in [0.717, 1.165) is 12.1 Å². The van der Waals surface area contributed by atoms with Crippen molar-refractivity contribution in [1.82, 2.24) is 10.2 Å². The first kappa shape index (κ1) is 14.8. The lowest BCUT2D eigenvalue weighted by Crippen LogP contribution is -2.08. The minimum absolute atomic E-state index is 0.242. The van der Waals surface area contributed by atoms with E-state index < -0.39 is 11.7 Å². The van der Waals surface area contributed by atoms with Gasteiger partial charge in [0.15, 0.2) is 11.6 Å². The average Bonchev–Trinajstić information content (AvgIpc) is 2.40. The molecule has 5 nitrogen and oxygen atoms in total. The van der Waals surface area contributed by atoms with Gasteiger partial charge >= 0.3 is 6.18 Å². The second-order valence-electron chi connectivity index (χ2n) is 4.19. The number of hydrogen-bond donors (Lipinski definition) is 2. The number of nitrogens with zero attached hydrogens (tertiary/aromatic N) is 2. The minimum atomic E-state index is -4.40. The zero-order valence-electron chi connectivity index (χ0n) is 10.9. The van der Waals surface area contributed by atoms with Crippen LogP contribution < -0.4 is 10.6 Å². The number of carbonyl (C=O) groups is 1. The topological polar surface area (TPSA) is 66.9 Å². The first-order valence-corrected chi connectivity index (χ1v) is 5.90. The third-order valence-corrected chi connectivity index (χ3v) is 2.43. The van der Waals surface area contributed by atoms with E-state index >= 15 is 0 Å². The number of aromatic nitrogens is 2. The van der Waals surface area contributed by atoms with Gasteiger partial charge in [-0.05, 0) is 30.3 Å². The largest absolute Gasteiger partial charge is 0.416 e. The summed E-state index contributed by atoms with van der Waals surface area (Å²) in [6, 6.07) is 7.73. The van der Waals surface area contributed by atoms with Crippen LogP contribution in [0.15, 0.2) is 36.4 Å². The monoisotopic (exact) mass is 296 g/mol. The Bertz CT molecular complexity index is 641. The molecule has 0 saturated heterocycles. The standard InChI is InChI=1S/C13H11F3N4O/c1-8(21)17-11-5-6-12(20-19-11)18-10-4-2-3-9(7-10)13(14,15)16/h2-7H,1H3,(H,18,20)(H,17,19,21). The van der Waals surface area contributed by atoms with Crippen LogP contribution in [0.1, 0.15) is 12.5 Å². The van der Waals surface area contributed by atoms with Gasteiger partial charge in [0.05, 0.1) is 5.56 Å². The third kappa shape index (κ3) is 4.16. The van der Waals surface area contributed by atoms with Gasteiger partial charge in [-0.1, -0.05) is 6.07 Å². The highest BCUT2D eigenvalue weighted by molar-refractivity contribution is 5.87. The molecule has 0 aliphatic heterocycles. The lowest BCUT2D eigenvalue weighted by molar-refractivity contribution is -0.137. The number of amides is 1. The maximum absolute atomic E-state index is 12.6. The lowest BCUT2D eigenvalue weighted by atomic mass is 10.2. The first-order valence-electron chi connectivity index (χ1n) is 5.90. The van der Waals surface area contributed by atoms with Crippen LogP contribution in [-0.2, 0) is 11.0 Å². The van der Waals surface area contributed by atoms with Gasteiger partial charge in [0, 0.05) is 12.6 Å². The van der Waals surface area contributed by atoms with E-state index in [1.54, 1.807) is 0 Å². The number of anilines is 3. The number of carbonyl (C=O) groups excluding carboxylic acids is 1. The highest BCUT2D eigenvalue weighted by Gasteiger charge is 2.30. The fourth-order valence-electron chi connectivity index (χ4n) is 1.57. The van der Waals surface area contributed by atoms with Gasteiger partial charge < -0.3 is 10.6 Å². The van der Waals surface area contributed by atoms with Gasteiger partial charge in [-0.3, -0.25) is 4.79 Å². The Kier molecular flexibility index (Phi) is 4.06. The van der Waals surface area contributed by atoms with Crippen molar-refractivity contribution in [3.05, 3.63) is 42.0 Å². The molecule has 0 saturated carbocycles. The summed E-state index contributed by atoms with van der Waals surface area (Å²) in [5, 5.41) is 12.6. The summed E-state index contributed by atoms with van der Waals surface area (Å²) >= 11 is 0. The fourth-order valence-corrected chi connectivity index (χ4v) is 1.57. The molecular formula is C13H11F3N4O. The Hall–Kier alpha value is -2.64. The van der Waals surface area contributed by atoms with Gasteiger partial charge in [0.1, 0.15) is 0 Å². The summed E-state index contributed by atoms with van der Waals surface area (Å²) in [6.45, 7) is 1.33. The van der Waals surface area contributed by atoms with Crippen molar-refractivity contribution in [1.29, 1.82) is 0 Å². The number of alkyl halides is 3. The molecule has 0 aliphatic carbocycles. The van der Waals surface area contributed by atoms with E-state index in [9.17, 15) is 18.0 Å². The van der Waals surface area contributed by atoms with Crippen molar-refractivity contribution in [2.45, 2.75) is 13.1 Å². The lowest BCUT2D eigenvalue weighted by Gasteiger charge is -2.10. The van der Waals surface area contributed by atoms with Crippen LogP contribution in [0.2, 0.25) is 0 Å². The molecule has 1 aromatic heterocycles. The minimum Gasteiger partial charge on any atom is -0.339 e. The third-order valence-electron chi connectivity index (χ3n) is 2.43. The van der Waals surface area contributed by atoms with Crippen LogP contribution in [0.3, 0.4) is 0 Å².